The molecular weight excluding hydrogens is 470 g/mol. The molecule has 0 radical (unpaired) electrons. The van der Waals surface area contributed by atoms with Crippen LogP contribution in [0.2, 0.25) is 0 Å². The van der Waals surface area contributed by atoms with E-state index in [4.69, 9.17) is 4.74 Å². The van der Waals surface area contributed by atoms with Crippen molar-refractivity contribution in [1.29, 1.82) is 0 Å². The first kappa shape index (κ1) is 27.6. The SMILES string of the molecule is C[C@@H](N[C@@H](CCc1ccccc1)C(=O)N[C@@H](COCc1ccccc1)C(=O)Nc1ccccc1)C(=O)O. The average molecular weight is 504 g/mol. The van der Waals surface area contributed by atoms with Crippen molar-refractivity contribution in [1.82, 2.24) is 10.6 Å². The van der Waals surface area contributed by atoms with Crippen molar-refractivity contribution in [2.45, 2.75) is 44.5 Å². The van der Waals surface area contributed by atoms with Crippen molar-refractivity contribution >= 4 is 23.5 Å². The van der Waals surface area contributed by atoms with Crippen LogP contribution in [-0.4, -0.2) is 47.6 Å². The standard InChI is InChI=1S/C29H33N3O5/c1-21(29(35)36)30-25(18-17-22-11-5-2-6-12-22)27(33)32-26(20-37-19-23-13-7-3-8-14-23)28(34)31-24-15-9-4-10-16-24/h2-16,21,25-26,30H,17-20H2,1H3,(H,31,34)(H,32,33)(H,35,36)/t21-,25+,26+/m1/s1. The summed E-state index contributed by atoms with van der Waals surface area (Å²) < 4.78 is 5.78. The molecule has 0 saturated carbocycles. The van der Waals surface area contributed by atoms with E-state index in [1.165, 1.54) is 6.92 Å². The largest absolute Gasteiger partial charge is 0.480 e. The highest BCUT2D eigenvalue weighted by molar-refractivity contribution is 5.98. The van der Waals surface area contributed by atoms with Crippen LogP contribution < -0.4 is 16.0 Å². The molecule has 0 heterocycles. The summed E-state index contributed by atoms with van der Waals surface area (Å²) in [7, 11) is 0. The van der Waals surface area contributed by atoms with Crippen LogP contribution in [0.15, 0.2) is 91.0 Å². The van der Waals surface area contributed by atoms with E-state index in [1.54, 1.807) is 24.3 Å². The van der Waals surface area contributed by atoms with Gasteiger partial charge in [0.25, 0.3) is 0 Å². The second-order valence-corrected chi connectivity index (χ2v) is 8.72. The Morgan fingerprint density at radius 2 is 1.35 bits per heavy atom. The van der Waals surface area contributed by atoms with Crippen molar-refractivity contribution in [2.75, 3.05) is 11.9 Å². The molecule has 194 valence electrons. The summed E-state index contributed by atoms with van der Waals surface area (Å²) in [6, 6.07) is 25.3. The summed E-state index contributed by atoms with van der Waals surface area (Å²) in [5.41, 5.74) is 2.55. The molecule has 0 bridgehead atoms. The Labute approximate surface area is 217 Å². The molecule has 0 aliphatic heterocycles. The number of benzene rings is 3. The van der Waals surface area contributed by atoms with E-state index in [0.29, 0.717) is 18.5 Å². The molecule has 37 heavy (non-hydrogen) atoms. The topological polar surface area (TPSA) is 117 Å². The molecule has 2 amide bonds. The van der Waals surface area contributed by atoms with Crippen molar-refractivity contribution in [3.05, 3.63) is 102 Å². The second-order valence-electron chi connectivity index (χ2n) is 8.72. The summed E-state index contributed by atoms with van der Waals surface area (Å²) in [6.45, 7) is 1.70. The highest BCUT2D eigenvalue weighted by Crippen LogP contribution is 2.09. The zero-order valence-electron chi connectivity index (χ0n) is 20.8. The molecule has 0 saturated heterocycles. The molecule has 8 heteroatoms. The lowest BCUT2D eigenvalue weighted by molar-refractivity contribution is -0.139. The minimum absolute atomic E-state index is 0.0564. The summed E-state index contributed by atoms with van der Waals surface area (Å²) >= 11 is 0. The van der Waals surface area contributed by atoms with Gasteiger partial charge in [0.15, 0.2) is 0 Å². The van der Waals surface area contributed by atoms with Crippen molar-refractivity contribution in [3.63, 3.8) is 0 Å². The molecule has 0 unspecified atom stereocenters. The third-order valence-corrected chi connectivity index (χ3v) is 5.77. The molecule has 0 aliphatic carbocycles. The van der Waals surface area contributed by atoms with Crippen LogP contribution in [0.4, 0.5) is 5.69 Å². The van der Waals surface area contributed by atoms with E-state index in [2.05, 4.69) is 16.0 Å². The Kier molecular flexibility index (Phi) is 10.8. The number of anilines is 1. The van der Waals surface area contributed by atoms with Crippen molar-refractivity contribution < 1.29 is 24.2 Å². The van der Waals surface area contributed by atoms with Gasteiger partial charge in [-0.05, 0) is 43.0 Å². The number of hydrogen-bond acceptors (Lipinski definition) is 5. The maximum absolute atomic E-state index is 13.3. The molecule has 3 aromatic carbocycles. The Hall–Kier alpha value is -4.01. The lowest BCUT2D eigenvalue weighted by atomic mass is 10.0. The van der Waals surface area contributed by atoms with Crippen LogP contribution in [0.5, 0.6) is 0 Å². The van der Waals surface area contributed by atoms with Crippen LogP contribution in [0.25, 0.3) is 0 Å². The fourth-order valence-corrected chi connectivity index (χ4v) is 3.69. The van der Waals surface area contributed by atoms with Crippen LogP contribution in [0.1, 0.15) is 24.5 Å². The van der Waals surface area contributed by atoms with Gasteiger partial charge >= 0.3 is 5.97 Å². The number of carboxylic acid groups (broad SMARTS) is 1. The van der Waals surface area contributed by atoms with Crippen LogP contribution in [0, 0.1) is 0 Å². The Balaban J connectivity index is 1.71. The maximum Gasteiger partial charge on any atom is 0.320 e. The number of carbonyl (C=O) groups is 3. The molecule has 4 N–H and O–H groups in total. The van der Waals surface area contributed by atoms with E-state index < -0.39 is 35.9 Å². The van der Waals surface area contributed by atoms with Crippen LogP contribution >= 0.6 is 0 Å². The fourth-order valence-electron chi connectivity index (χ4n) is 3.69. The Morgan fingerprint density at radius 1 is 0.784 bits per heavy atom. The van der Waals surface area contributed by atoms with Crippen LogP contribution in [-0.2, 0) is 32.1 Å². The first-order valence-corrected chi connectivity index (χ1v) is 12.2. The minimum Gasteiger partial charge on any atom is -0.480 e. The Morgan fingerprint density at radius 3 is 1.95 bits per heavy atom. The molecule has 3 aromatic rings. The quantitative estimate of drug-likeness (QED) is 0.268. The highest BCUT2D eigenvalue weighted by atomic mass is 16.5. The second kappa shape index (κ2) is 14.5. The van der Waals surface area contributed by atoms with E-state index in [9.17, 15) is 19.5 Å². The molecule has 0 aliphatic rings. The van der Waals surface area contributed by atoms with Crippen LogP contribution in [0.3, 0.4) is 0 Å². The van der Waals surface area contributed by atoms with Gasteiger partial charge in [-0.15, -0.1) is 0 Å². The van der Waals surface area contributed by atoms with E-state index in [-0.39, 0.29) is 13.2 Å². The van der Waals surface area contributed by atoms with Gasteiger partial charge in [0, 0.05) is 5.69 Å². The number of ether oxygens (including phenoxy) is 1. The molecule has 3 atom stereocenters. The third-order valence-electron chi connectivity index (χ3n) is 5.77. The number of amides is 2. The smallest absolute Gasteiger partial charge is 0.320 e. The number of para-hydroxylation sites is 1. The van der Waals surface area contributed by atoms with E-state index in [1.807, 2.05) is 66.7 Å². The van der Waals surface area contributed by atoms with Gasteiger partial charge < -0.3 is 20.5 Å². The summed E-state index contributed by atoms with van der Waals surface area (Å²) in [5, 5.41) is 17.8. The highest BCUT2D eigenvalue weighted by Gasteiger charge is 2.28. The maximum atomic E-state index is 13.3. The van der Waals surface area contributed by atoms with Gasteiger partial charge in [-0.3, -0.25) is 19.7 Å². The molecule has 3 rings (SSSR count). The predicted octanol–water partition coefficient (Wildman–Crippen LogP) is 3.39. The first-order valence-electron chi connectivity index (χ1n) is 12.2. The summed E-state index contributed by atoms with van der Waals surface area (Å²) in [6.07, 6.45) is 0.912. The Bertz CT molecular complexity index is 1130. The number of nitrogens with one attached hydrogen (secondary N) is 3. The number of aliphatic carboxylic acids is 1. The molecule has 0 fully saturated rings. The molecule has 8 nitrogen and oxygen atoms in total. The van der Waals surface area contributed by atoms with Crippen molar-refractivity contribution in [2.24, 2.45) is 0 Å². The van der Waals surface area contributed by atoms with E-state index in [0.717, 1.165) is 11.1 Å². The van der Waals surface area contributed by atoms with Gasteiger partial charge in [0.2, 0.25) is 11.8 Å². The predicted molar refractivity (Wildman–Crippen MR) is 142 cm³/mol. The monoisotopic (exact) mass is 503 g/mol. The number of aryl methyl sites for hydroxylation is 1. The summed E-state index contributed by atoms with van der Waals surface area (Å²) in [4.78, 5) is 37.9. The number of carbonyl (C=O) groups excluding carboxylic acids is 2. The molecule has 0 aromatic heterocycles. The first-order chi connectivity index (χ1) is 17.9. The molecular formula is C29H33N3O5. The number of hydrogen-bond donors (Lipinski definition) is 4. The summed E-state index contributed by atoms with van der Waals surface area (Å²) in [5.74, 6) is -1.97. The number of rotatable bonds is 14. The minimum atomic E-state index is -1.07. The zero-order chi connectivity index (χ0) is 26.5. The van der Waals surface area contributed by atoms with Gasteiger partial charge in [-0.1, -0.05) is 78.9 Å². The van der Waals surface area contributed by atoms with Crippen molar-refractivity contribution in [3.8, 4) is 0 Å². The normalized spacial score (nSPS) is 13.2. The number of carboxylic acids is 1. The lowest BCUT2D eigenvalue weighted by Crippen LogP contribution is -2.55. The van der Waals surface area contributed by atoms with Gasteiger partial charge in [-0.25, -0.2) is 0 Å². The van der Waals surface area contributed by atoms with E-state index >= 15 is 0 Å². The fraction of sp³-hybridized carbons (Fsp3) is 0.276. The molecule has 0 spiro atoms. The average Bonchev–Trinajstić information content (AvgIpc) is 2.91. The van der Waals surface area contributed by atoms with Gasteiger partial charge in [0.1, 0.15) is 12.1 Å². The lowest BCUT2D eigenvalue weighted by Gasteiger charge is -2.24. The third kappa shape index (κ3) is 9.51. The zero-order valence-corrected chi connectivity index (χ0v) is 20.8. The van der Waals surface area contributed by atoms with Gasteiger partial charge in [-0.2, -0.15) is 0 Å². The van der Waals surface area contributed by atoms with Gasteiger partial charge in [0.05, 0.1) is 19.3 Å².